The molecule has 0 aromatic heterocycles. The van der Waals surface area contributed by atoms with Crippen LogP contribution in [-0.2, 0) is 4.79 Å². The molecule has 1 saturated carbocycles. The van der Waals surface area contributed by atoms with Crippen LogP contribution < -0.4 is 4.74 Å². The average Bonchev–Trinajstić information content (AvgIpc) is 2.91. The maximum absolute atomic E-state index is 12.1. The van der Waals surface area contributed by atoms with Gasteiger partial charge in [-0.1, -0.05) is 37.0 Å². The molecule has 0 amide bonds. The fourth-order valence-corrected chi connectivity index (χ4v) is 2.60. The van der Waals surface area contributed by atoms with Crippen molar-refractivity contribution in [3.8, 4) is 5.75 Å². The number of benzene rings is 1. The lowest BCUT2D eigenvalue weighted by atomic mass is 10.1. The van der Waals surface area contributed by atoms with Crippen LogP contribution in [-0.4, -0.2) is 5.97 Å². The van der Waals surface area contributed by atoms with Gasteiger partial charge in [-0.2, -0.15) is 0 Å². The van der Waals surface area contributed by atoms with Gasteiger partial charge in [-0.3, -0.25) is 4.79 Å². The fraction of sp³-hybridized carbons (Fsp3) is 0.357. The van der Waals surface area contributed by atoms with Gasteiger partial charge in [0, 0.05) is 0 Å². The molecule has 106 valence electrons. The number of carbonyl (C=O) groups excluding carboxylic acids is 1. The quantitative estimate of drug-likeness (QED) is 0.464. The van der Waals surface area contributed by atoms with Gasteiger partial charge in [0.1, 0.15) is 15.9 Å². The Balaban J connectivity index is 2.05. The highest BCUT2D eigenvalue weighted by atomic mass is 35.5. The van der Waals surface area contributed by atoms with Crippen molar-refractivity contribution in [3.05, 3.63) is 39.7 Å². The Morgan fingerprint density at radius 2 is 1.90 bits per heavy atom. The Bertz CT molecular complexity index is 562. The minimum Gasteiger partial charge on any atom is -0.426 e. The van der Waals surface area contributed by atoms with E-state index in [1.54, 1.807) is 6.08 Å². The Kier molecular flexibility index (Phi) is 4.16. The molecule has 0 aliphatic heterocycles. The normalized spacial score (nSPS) is 22.8. The molecule has 20 heavy (non-hydrogen) atoms. The third kappa shape index (κ3) is 3.02. The van der Waals surface area contributed by atoms with E-state index in [-0.39, 0.29) is 33.4 Å². The van der Waals surface area contributed by atoms with Crippen molar-refractivity contribution < 1.29 is 9.53 Å². The van der Waals surface area contributed by atoms with Crippen molar-refractivity contribution in [1.29, 1.82) is 0 Å². The molecular formula is C14H13Cl2NO3. The average molecular weight is 314 g/mol. The third-order valence-electron chi connectivity index (χ3n) is 3.63. The predicted octanol–water partition coefficient (Wildman–Crippen LogP) is 4.58. The van der Waals surface area contributed by atoms with Crippen LogP contribution in [0.25, 0.3) is 0 Å². The molecule has 1 fully saturated rings. The molecule has 0 heterocycles. The van der Waals surface area contributed by atoms with Gasteiger partial charge in [-0.05, 0) is 46.9 Å². The molecule has 2 atom stereocenters. The number of rotatable bonds is 4. The summed E-state index contributed by atoms with van der Waals surface area (Å²) in [5.41, 5.74) is 0.0578. The smallest absolute Gasteiger partial charge is 0.315 e. The van der Waals surface area contributed by atoms with Crippen LogP contribution in [0.2, 0.25) is 0 Å². The predicted molar refractivity (Wildman–Crippen MR) is 78.1 cm³/mol. The molecule has 1 aromatic rings. The second kappa shape index (κ2) is 5.54. The highest BCUT2D eigenvalue weighted by Gasteiger charge is 2.61. The maximum Gasteiger partial charge on any atom is 0.315 e. The van der Waals surface area contributed by atoms with Gasteiger partial charge in [0.2, 0.25) is 0 Å². The standard InChI is InChI=1S/C14H13Cl2NO3/c1-14(2)10(7-11(15)16)12(14)13(18)20-9-5-3-8(17-19)4-6-9/h3-7,10,12H,1-2H3/t10-,12-/m1/s1. The molecule has 4 nitrogen and oxygen atoms in total. The number of halogens is 2. The van der Waals surface area contributed by atoms with Crippen molar-refractivity contribution in [3.63, 3.8) is 0 Å². The number of ether oxygens (including phenoxy) is 1. The zero-order valence-electron chi connectivity index (χ0n) is 11.0. The Labute approximate surface area is 126 Å². The summed E-state index contributed by atoms with van der Waals surface area (Å²) in [4.78, 5) is 22.4. The summed E-state index contributed by atoms with van der Waals surface area (Å²) in [6.07, 6.45) is 1.66. The lowest BCUT2D eigenvalue weighted by Gasteiger charge is -2.04. The fourth-order valence-electron chi connectivity index (χ4n) is 2.33. The summed E-state index contributed by atoms with van der Waals surface area (Å²) in [6, 6.07) is 6.04. The van der Waals surface area contributed by atoms with Crippen molar-refractivity contribution in [1.82, 2.24) is 0 Å². The first kappa shape index (κ1) is 15.0. The van der Waals surface area contributed by atoms with E-state index >= 15 is 0 Å². The lowest BCUT2D eigenvalue weighted by molar-refractivity contribution is -0.136. The first-order valence-corrected chi connectivity index (χ1v) is 6.80. The van der Waals surface area contributed by atoms with Gasteiger partial charge in [0.05, 0.1) is 5.92 Å². The summed E-state index contributed by atoms with van der Waals surface area (Å²) < 4.78 is 5.44. The minimum absolute atomic E-state index is 0.0316. The minimum atomic E-state index is -0.336. The van der Waals surface area contributed by atoms with E-state index in [4.69, 9.17) is 27.9 Å². The van der Waals surface area contributed by atoms with E-state index in [2.05, 4.69) is 5.18 Å². The van der Waals surface area contributed by atoms with Crippen LogP contribution in [0.15, 0.2) is 40.0 Å². The molecule has 0 bridgehead atoms. The topological polar surface area (TPSA) is 55.7 Å². The van der Waals surface area contributed by atoms with E-state index in [9.17, 15) is 9.70 Å². The zero-order valence-corrected chi connectivity index (χ0v) is 12.5. The van der Waals surface area contributed by atoms with Crippen molar-refractivity contribution in [2.24, 2.45) is 22.4 Å². The highest BCUT2D eigenvalue weighted by molar-refractivity contribution is 6.55. The molecule has 0 unspecified atom stereocenters. The number of hydrogen-bond donors (Lipinski definition) is 0. The van der Waals surface area contributed by atoms with E-state index in [1.807, 2.05) is 13.8 Å². The van der Waals surface area contributed by atoms with E-state index in [0.29, 0.717) is 5.75 Å². The van der Waals surface area contributed by atoms with Crippen LogP contribution >= 0.6 is 23.2 Å². The molecule has 1 aliphatic carbocycles. The van der Waals surface area contributed by atoms with Crippen molar-refractivity contribution in [2.75, 3.05) is 0 Å². The number of carbonyl (C=O) groups is 1. The number of hydrogen-bond acceptors (Lipinski definition) is 4. The molecule has 1 aromatic carbocycles. The summed E-state index contributed by atoms with van der Waals surface area (Å²) in [5.74, 6) is -0.266. The van der Waals surface area contributed by atoms with Gasteiger partial charge < -0.3 is 4.74 Å². The number of allylic oxidation sites excluding steroid dienone is 1. The SMILES string of the molecule is CC1(C)[C@H](C=C(Cl)Cl)[C@@H]1C(=O)Oc1ccc(N=O)cc1. The number of nitroso groups, excluding NO2 is 1. The number of nitrogens with zero attached hydrogens (tertiary/aromatic N) is 1. The first-order valence-electron chi connectivity index (χ1n) is 6.04. The van der Waals surface area contributed by atoms with Gasteiger partial charge >= 0.3 is 5.97 Å². The molecule has 2 rings (SSSR count). The van der Waals surface area contributed by atoms with E-state index in [0.717, 1.165) is 0 Å². The van der Waals surface area contributed by atoms with E-state index in [1.165, 1.54) is 24.3 Å². The molecular weight excluding hydrogens is 301 g/mol. The molecule has 0 spiro atoms. The second-order valence-corrected chi connectivity index (χ2v) is 6.30. The van der Waals surface area contributed by atoms with Gasteiger partial charge in [0.25, 0.3) is 0 Å². The molecule has 1 aliphatic rings. The van der Waals surface area contributed by atoms with E-state index < -0.39 is 0 Å². The Hall–Kier alpha value is -1.39. The van der Waals surface area contributed by atoms with Gasteiger partial charge in [-0.25, -0.2) is 0 Å². The molecule has 0 radical (unpaired) electrons. The highest BCUT2D eigenvalue weighted by Crippen LogP contribution is 2.60. The summed E-state index contributed by atoms with van der Waals surface area (Å²) >= 11 is 11.3. The van der Waals surface area contributed by atoms with Crippen LogP contribution in [0.4, 0.5) is 5.69 Å². The molecule has 0 N–H and O–H groups in total. The Morgan fingerprint density at radius 1 is 1.30 bits per heavy atom. The maximum atomic E-state index is 12.1. The van der Waals surface area contributed by atoms with Crippen LogP contribution in [0.3, 0.4) is 0 Å². The Morgan fingerprint density at radius 3 is 2.40 bits per heavy atom. The zero-order chi connectivity index (χ0) is 14.9. The summed E-state index contributed by atoms with van der Waals surface area (Å²) in [5, 5.41) is 2.78. The molecule has 6 heteroatoms. The first-order chi connectivity index (χ1) is 9.36. The van der Waals surface area contributed by atoms with Gasteiger partial charge in [0.15, 0.2) is 0 Å². The molecule has 0 saturated heterocycles. The monoisotopic (exact) mass is 313 g/mol. The van der Waals surface area contributed by atoms with Crippen LogP contribution in [0, 0.1) is 22.2 Å². The van der Waals surface area contributed by atoms with Gasteiger partial charge in [-0.15, -0.1) is 4.91 Å². The van der Waals surface area contributed by atoms with Crippen molar-refractivity contribution in [2.45, 2.75) is 13.8 Å². The largest absolute Gasteiger partial charge is 0.426 e. The second-order valence-electron chi connectivity index (χ2n) is 5.29. The summed E-state index contributed by atoms with van der Waals surface area (Å²) in [7, 11) is 0. The summed E-state index contributed by atoms with van der Waals surface area (Å²) in [6.45, 7) is 3.91. The lowest BCUT2D eigenvalue weighted by Crippen LogP contribution is -2.13. The van der Waals surface area contributed by atoms with Crippen LogP contribution in [0.1, 0.15) is 13.8 Å². The number of esters is 1. The van der Waals surface area contributed by atoms with Crippen LogP contribution in [0.5, 0.6) is 5.75 Å². The third-order valence-corrected chi connectivity index (χ3v) is 3.88. The van der Waals surface area contributed by atoms with Crippen molar-refractivity contribution >= 4 is 34.9 Å².